The van der Waals surface area contributed by atoms with E-state index in [2.05, 4.69) is 28.1 Å². The molecule has 254 valence electrons. The van der Waals surface area contributed by atoms with Crippen LogP contribution < -0.4 is 16.1 Å². The largest absolute Gasteiger partial charge is 0.506 e. The monoisotopic (exact) mass is 710 g/mol. The Bertz CT molecular complexity index is 1730. The molecule has 0 bridgehead atoms. The highest BCUT2D eigenvalue weighted by molar-refractivity contribution is 7.16. The van der Waals surface area contributed by atoms with E-state index in [0.29, 0.717) is 62.9 Å². The molecular formula is C35H39ClN4O6S2. The number of hydrazone groups is 1. The lowest BCUT2D eigenvalue weighted by Crippen LogP contribution is -2.27. The summed E-state index contributed by atoms with van der Waals surface area (Å²) in [6.45, 7) is 8.51. The molecule has 48 heavy (non-hydrogen) atoms. The van der Waals surface area contributed by atoms with Gasteiger partial charge in [0.15, 0.2) is 0 Å². The minimum Gasteiger partial charge on any atom is -0.506 e. The zero-order chi connectivity index (χ0) is 34.5. The fourth-order valence-corrected chi connectivity index (χ4v) is 6.31. The second kappa shape index (κ2) is 18.5. The number of halogens is 1. The molecule has 2 aromatic carbocycles. The predicted molar refractivity (Wildman–Crippen MR) is 192 cm³/mol. The summed E-state index contributed by atoms with van der Waals surface area (Å²) in [6.07, 6.45) is 2.13. The molecule has 0 aliphatic carbocycles. The van der Waals surface area contributed by atoms with Crippen LogP contribution in [0.1, 0.15) is 73.1 Å². The first-order chi connectivity index (χ1) is 23.2. The quantitative estimate of drug-likeness (QED) is 0.0541. The Hall–Kier alpha value is -4.07. The van der Waals surface area contributed by atoms with Crippen molar-refractivity contribution >= 4 is 57.7 Å². The van der Waals surface area contributed by atoms with Gasteiger partial charge in [0.25, 0.3) is 17.7 Å². The van der Waals surface area contributed by atoms with Gasteiger partial charge in [-0.3, -0.25) is 14.4 Å². The highest BCUT2D eigenvalue weighted by Gasteiger charge is 2.17. The Morgan fingerprint density at radius 3 is 2.31 bits per heavy atom. The highest BCUT2D eigenvalue weighted by atomic mass is 35.5. The number of nitrogens with one attached hydrogen (secondary N) is 3. The van der Waals surface area contributed by atoms with E-state index in [9.17, 15) is 19.5 Å². The first-order valence-electron chi connectivity index (χ1n) is 15.5. The van der Waals surface area contributed by atoms with E-state index in [0.717, 1.165) is 47.5 Å². The fraction of sp³-hybridized carbons (Fsp3) is 0.314. The number of thiophene rings is 2. The minimum atomic E-state index is -0.474. The molecule has 4 N–H and O–H groups in total. The number of carbonyl (C=O) groups is 3. The van der Waals surface area contributed by atoms with Crippen LogP contribution in [0.5, 0.6) is 5.75 Å². The maximum atomic E-state index is 12.8. The van der Waals surface area contributed by atoms with Gasteiger partial charge in [-0.1, -0.05) is 43.1 Å². The van der Waals surface area contributed by atoms with Crippen LogP contribution in [-0.4, -0.2) is 61.5 Å². The molecule has 0 fully saturated rings. The third-order valence-corrected chi connectivity index (χ3v) is 9.69. The van der Waals surface area contributed by atoms with Crippen LogP contribution in [-0.2, 0) is 16.0 Å². The van der Waals surface area contributed by atoms with Crippen LogP contribution in [0.3, 0.4) is 0 Å². The minimum absolute atomic E-state index is 0.0747. The highest BCUT2D eigenvalue weighted by Crippen LogP contribution is 2.39. The molecule has 10 nitrogen and oxygen atoms in total. The van der Waals surface area contributed by atoms with Crippen molar-refractivity contribution in [2.75, 3.05) is 33.0 Å². The number of nitrogens with zero attached hydrogens (tertiary/aromatic N) is 1. The standard InChI is InChI=1S/C35H39ClN4O6S2/c1-4-5-15-45-17-18-46-16-14-37-33(42)25-8-6-24(7-9-25)20-38-34(43)29-12-13-30(48-29)35(44)40-39-23(3)27-21-47-32(31(27)41)26-10-11-28(36)22(2)19-26/h6-13,19,21,41H,4-5,14-18,20H2,1-3H3,(H,37,42)(H,38,43)(H,40,44)/b39-23+. The van der Waals surface area contributed by atoms with Crippen molar-refractivity contribution in [1.29, 1.82) is 0 Å². The van der Waals surface area contributed by atoms with E-state index in [-0.39, 0.29) is 24.1 Å². The second-order valence-corrected chi connectivity index (χ2v) is 13.2. The molecule has 0 saturated heterocycles. The normalized spacial score (nSPS) is 11.4. The van der Waals surface area contributed by atoms with E-state index in [1.807, 2.05) is 19.1 Å². The second-order valence-electron chi connectivity index (χ2n) is 10.8. The van der Waals surface area contributed by atoms with E-state index >= 15 is 0 Å². The SMILES string of the molecule is CCCCOCCOCCNC(=O)c1ccc(CNC(=O)c2ccc(C(=O)N/N=C(\C)c3csc(-c4ccc(Cl)c(C)c4)c3O)s2)cc1. The zero-order valence-corrected chi connectivity index (χ0v) is 29.4. The van der Waals surface area contributed by atoms with Crippen LogP contribution in [0.4, 0.5) is 0 Å². The molecule has 0 unspecified atom stereocenters. The molecule has 0 saturated carbocycles. The molecule has 2 heterocycles. The summed E-state index contributed by atoms with van der Waals surface area (Å²) >= 11 is 8.54. The van der Waals surface area contributed by atoms with Gasteiger partial charge in [0.05, 0.1) is 45.7 Å². The topological polar surface area (TPSA) is 138 Å². The number of ether oxygens (including phenoxy) is 2. The van der Waals surface area contributed by atoms with Gasteiger partial charge in [-0.05, 0) is 73.4 Å². The van der Waals surface area contributed by atoms with Crippen molar-refractivity contribution in [3.8, 4) is 16.2 Å². The van der Waals surface area contributed by atoms with Gasteiger partial charge in [-0.2, -0.15) is 5.10 Å². The molecule has 4 aromatic rings. The number of carbonyl (C=O) groups excluding carboxylic acids is 3. The summed E-state index contributed by atoms with van der Waals surface area (Å²) in [5.74, 6) is -0.934. The van der Waals surface area contributed by atoms with Crippen molar-refractivity contribution < 1.29 is 29.0 Å². The Balaban J connectivity index is 1.21. The van der Waals surface area contributed by atoms with Crippen LogP contribution >= 0.6 is 34.3 Å². The lowest BCUT2D eigenvalue weighted by molar-refractivity contribution is 0.0472. The van der Waals surface area contributed by atoms with E-state index < -0.39 is 5.91 Å². The smallest absolute Gasteiger partial charge is 0.281 e. The van der Waals surface area contributed by atoms with Gasteiger partial charge in [-0.25, -0.2) is 5.43 Å². The average Bonchev–Trinajstić information content (AvgIpc) is 3.74. The summed E-state index contributed by atoms with van der Waals surface area (Å²) in [6, 6.07) is 15.6. The van der Waals surface area contributed by atoms with Crippen molar-refractivity contribution in [2.45, 2.75) is 40.2 Å². The van der Waals surface area contributed by atoms with Crippen molar-refractivity contribution in [3.63, 3.8) is 0 Å². The summed E-state index contributed by atoms with van der Waals surface area (Å²) in [4.78, 5) is 39.3. The van der Waals surface area contributed by atoms with Crippen LogP contribution in [0.25, 0.3) is 10.4 Å². The number of rotatable bonds is 17. The molecule has 0 aliphatic heterocycles. The summed E-state index contributed by atoms with van der Waals surface area (Å²) in [7, 11) is 0. The third kappa shape index (κ3) is 10.5. The maximum Gasteiger partial charge on any atom is 0.281 e. The van der Waals surface area contributed by atoms with E-state index in [1.165, 1.54) is 11.3 Å². The van der Waals surface area contributed by atoms with Gasteiger partial charge < -0.3 is 25.2 Å². The number of hydrogen-bond donors (Lipinski definition) is 4. The van der Waals surface area contributed by atoms with Gasteiger partial charge in [0.1, 0.15) is 5.75 Å². The third-order valence-electron chi connectivity index (χ3n) is 7.17. The molecular weight excluding hydrogens is 672 g/mol. The van der Waals surface area contributed by atoms with Crippen molar-refractivity contribution in [3.05, 3.63) is 97.0 Å². The molecule has 13 heteroatoms. The number of benzene rings is 2. The Kier molecular flexibility index (Phi) is 14.1. The van der Waals surface area contributed by atoms with Crippen LogP contribution in [0, 0.1) is 6.92 Å². The first-order valence-corrected chi connectivity index (χ1v) is 17.6. The lowest BCUT2D eigenvalue weighted by Gasteiger charge is -2.08. The molecule has 0 atom stereocenters. The molecule has 4 rings (SSSR count). The maximum absolute atomic E-state index is 12.8. The summed E-state index contributed by atoms with van der Waals surface area (Å²) in [5, 5.41) is 23.1. The molecule has 0 radical (unpaired) electrons. The van der Waals surface area contributed by atoms with Crippen molar-refractivity contribution in [1.82, 2.24) is 16.1 Å². The predicted octanol–water partition coefficient (Wildman–Crippen LogP) is 6.79. The summed E-state index contributed by atoms with van der Waals surface area (Å²) in [5.41, 5.74) is 6.50. The Morgan fingerprint density at radius 2 is 1.60 bits per heavy atom. The molecule has 3 amide bonds. The van der Waals surface area contributed by atoms with Gasteiger partial charge >= 0.3 is 0 Å². The summed E-state index contributed by atoms with van der Waals surface area (Å²) < 4.78 is 10.9. The van der Waals surface area contributed by atoms with Crippen LogP contribution in [0.2, 0.25) is 5.02 Å². The Morgan fingerprint density at radius 1 is 0.896 bits per heavy atom. The molecule has 0 aliphatic rings. The van der Waals surface area contributed by atoms with Gasteiger partial charge in [0.2, 0.25) is 0 Å². The fourth-order valence-electron chi connectivity index (χ4n) is 4.38. The Labute approximate surface area is 293 Å². The first kappa shape index (κ1) is 36.8. The van der Waals surface area contributed by atoms with Gasteiger partial charge in [0, 0.05) is 35.7 Å². The average molecular weight is 711 g/mol. The number of aromatic hydroxyl groups is 1. The molecule has 2 aromatic heterocycles. The molecule has 0 spiro atoms. The zero-order valence-electron chi connectivity index (χ0n) is 27.1. The van der Waals surface area contributed by atoms with Gasteiger partial charge in [-0.15, -0.1) is 22.7 Å². The van der Waals surface area contributed by atoms with E-state index in [4.69, 9.17) is 21.1 Å². The number of amides is 3. The number of hydrogen-bond acceptors (Lipinski definition) is 9. The number of unbranched alkanes of at least 4 members (excludes halogenated alkanes) is 1. The lowest BCUT2D eigenvalue weighted by atomic mass is 10.1. The number of aryl methyl sites for hydroxylation is 1. The van der Waals surface area contributed by atoms with Crippen molar-refractivity contribution in [2.24, 2.45) is 5.10 Å². The van der Waals surface area contributed by atoms with E-state index in [1.54, 1.807) is 54.8 Å². The van der Waals surface area contributed by atoms with Crippen LogP contribution in [0.15, 0.2) is 65.1 Å².